The van der Waals surface area contributed by atoms with Crippen LogP contribution in [0.15, 0.2) is 34.1 Å². The average Bonchev–Trinajstić information content (AvgIpc) is 3.00. The summed E-state index contributed by atoms with van der Waals surface area (Å²) in [7, 11) is -3.46. The van der Waals surface area contributed by atoms with Gasteiger partial charge in [0, 0.05) is 6.04 Å². The lowest BCUT2D eigenvalue weighted by atomic mass is 10.1. The fraction of sp³-hybridized carbons (Fsp3) is 0.455. The van der Waals surface area contributed by atoms with E-state index in [9.17, 15) is 8.42 Å². The molecule has 8 heteroatoms. The molecule has 1 atom stereocenters. The van der Waals surface area contributed by atoms with Gasteiger partial charge in [-0.2, -0.15) is 15.0 Å². The Morgan fingerprint density at radius 2 is 2.05 bits per heavy atom. The molecular weight excluding hydrogens is 284 g/mol. The highest BCUT2D eigenvalue weighted by molar-refractivity contribution is 7.91. The first-order valence-corrected chi connectivity index (χ1v) is 8.25. The third-order valence-corrected chi connectivity index (χ3v) is 5.59. The van der Waals surface area contributed by atoms with Gasteiger partial charge in [-0.05, 0) is 17.4 Å². The highest BCUT2D eigenvalue weighted by atomic mass is 32.2. The van der Waals surface area contributed by atoms with Gasteiger partial charge in [-0.3, -0.25) is 0 Å². The summed E-state index contributed by atoms with van der Waals surface area (Å²) in [5.41, 5.74) is 0. The molecule has 0 saturated heterocycles. The van der Waals surface area contributed by atoms with E-state index in [0.29, 0.717) is 10.8 Å². The Morgan fingerprint density at radius 1 is 1.37 bits per heavy atom. The lowest BCUT2D eigenvalue weighted by molar-refractivity contribution is 0.361. The maximum Gasteiger partial charge on any atom is 0.250 e. The van der Waals surface area contributed by atoms with Crippen LogP contribution >= 0.6 is 11.3 Å². The van der Waals surface area contributed by atoms with Gasteiger partial charge in [0.05, 0.1) is 18.9 Å². The Bertz CT molecular complexity index is 591. The fourth-order valence-corrected chi connectivity index (χ4v) is 3.96. The Morgan fingerprint density at radius 3 is 2.58 bits per heavy atom. The predicted molar refractivity (Wildman–Crippen MR) is 73.3 cm³/mol. The van der Waals surface area contributed by atoms with E-state index >= 15 is 0 Å². The first kappa shape index (κ1) is 14.2. The van der Waals surface area contributed by atoms with Gasteiger partial charge in [0.1, 0.15) is 4.21 Å². The van der Waals surface area contributed by atoms with Crippen LogP contribution in [0.5, 0.6) is 0 Å². The molecule has 0 aromatic carbocycles. The number of nitrogens with one attached hydrogen (secondary N) is 1. The molecular formula is C11H16N4O2S2. The van der Waals surface area contributed by atoms with Crippen molar-refractivity contribution in [2.75, 3.05) is 0 Å². The van der Waals surface area contributed by atoms with E-state index in [1.807, 2.05) is 13.8 Å². The van der Waals surface area contributed by atoms with Crippen LogP contribution in [0.4, 0.5) is 0 Å². The van der Waals surface area contributed by atoms with Gasteiger partial charge in [-0.1, -0.05) is 19.9 Å². The summed E-state index contributed by atoms with van der Waals surface area (Å²) in [6.45, 7) is 4.34. The molecule has 0 fully saturated rings. The number of hydrogen-bond acceptors (Lipinski definition) is 5. The smallest absolute Gasteiger partial charge is 0.206 e. The van der Waals surface area contributed by atoms with Crippen LogP contribution in [-0.2, 0) is 16.6 Å². The molecule has 2 rings (SSSR count). The minimum Gasteiger partial charge on any atom is -0.206 e. The minimum atomic E-state index is -3.46. The van der Waals surface area contributed by atoms with E-state index in [4.69, 9.17) is 0 Å². The SMILES string of the molecule is CC(C)C(Cn1nccn1)NS(=O)(=O)c1cccs1. The summed E-state index contributed by atoms with van der Waals surface area (Å²) in [5.74, 6) is 0.140. The summed E-state index contributed by atoms with van der Waals surface area (Å²) in [4.78, 5) is 1.49. The molecule has 2 heterocycles. The van der Waals surface area contributed by atoms with Crippen molar-refractivity contribution in [1.29, 1.82) is 0 Å². The molecule has 2 aromatic heterocycles. The molecule has 6 nitrogen and oxygen atoms in total. The van der Waals surface area contributed by atoms with Crippen LogP contribution in [-0.4, -0.2) is 29.5 Å². The maximum absolute atomic E-state index is 12.2. The summed E-state index contributed by atoms with van der Waals surface area (Å²) in [6, 6.07) is 3.06. The average molecular weight is 300 g/mol. The Kier molecular flexibility index (Phi) is 4.33. The molecule has 1 N–H and O–H groups in total. The largest absolute Gasteiger partial charge is 0.250 e. The van der Waals surface area contributed by atoms with Gasteiger partial charge in [-0.25, -0.2) is 13.1 Å². The molecule has 0 amide bonds. The van der Waals surface area contributed by atoms with Crippen LogP contribution in [0.3, 0.4) is 0 Å². The molecule has 104 valence electrons. The molecule has 19 heavy (non-hydrogen) atoms. The van der Waals surface area contributed by atoms with Crippen LogP contribution in [0.2, 0.25) is 0 Å². The highest BCUT2D eigenvalue weighted by Gasteiger charge is 2.23. The highest BCUT2D eigenvalue weighted by Crippen LogP contribution is 2.17. The van der Waals surface area contributed by atoms with Crippen LogP contribution in [0.1, 0.15) is 13.8 Å². The normalized spacial score (nSPS) is 13.8. The number of sulfonamides is 1. The second kappa shape index (κ2) is 5.81. The van der Waals surface area contributed by atoms with Crippen molar-refractivity contribution in [3.8, 4) is 0 Å². The van der Waals surface area contributed by atoms with E-state index in [0.717, 1.165) is 0 Å². The Balaban J connectivity index is 2.13. The van der Waals surface area contributed by atoms with Crippen molar-refractivity contribution in [3.05, 3.63) is 29.9 Å². The summed E-state index contributed by atoms with van der Waals surface area (Å²) in [6.07, 6.45) is 3.15. The molecule has 0 aliphatic rings. The summed E-state index contributed by atoms with van der Waals surface area (Å²) < 4.78 is 27.4. The monoisotopic (exact) mass is 300 g/mol. The molecule has 0 saturated carbocycles. The van der Waals surface area contributed by atoms with Crippen molar-refractivity contribution < 1.29 is 8.42 Å². The zero-order valence-electron chi connectivity index (χ0n) is 10.7. The fourth-order valence-electron chi connectivity index (χ4n) is 1.57. The molecule has 0 radical (unpaired) electrons. The van der Waals surface area contributed by atoms with Crippen molar-refractivity contribution in [1.82, 2.24) is 19.7 Å². The van der Waals surface area contributed by atoms with Crippen molar-refractivity contribution >= 4 is 21.4 Å². The van der Waals surface area contributed by atoms with Gasteiger partial charge in [0.25, 0.3) is 0 Å². The minimum absolute atomic E-state index is 0.140. The van der Waals surface area contributed by atoms with Crippen molar-refractivity contribution in [2.24, 2.45) is 5.92 Å². The van der Waals surface area contributed by atoms with E-state index in [1.54, 1.807) is 29.9 Å². The predicted octanol–water partition coefficient (Wildman–Crippen LogP) is 1.34. The van der Waals surface area contributed by atoms with Crippen LogP contribution in [0.25, 0.3) is 0 Å². The summed E-state index contributed by atoms with van der Waals surface area (Å²) >= 11 is 1.20. The van der Waals surface area contributed by atoms with Gasteiger partial charge in [-0.15, -0.1) is 11.3 Å². The number of nitrogens with zero attached hydrogens (tertiary/aromatic N) is 3. The van der Waals surface area contributed by atoms with Crippen LogP contribution in [0, 0.1) is 5.92 Å². The molecule has 0 aliphatic heterocycles. The molecule has 0 aliphatic carbocycles. The first-order chi connectivity index (χ1) is 8.99. The lowest BCUT2D eigenvalue weighted by Crippen LogP contribution is -2.41. The molecule has 2 aromatic rings. The quantitative estimate of drug-likeness (QED) is 0.873. The maximum atomic E-state index is 12.2. The summed E-state index contributed by atoms with van der Waals surface area (Å²) in [5, 5.41) is 9.75. The second-order valence-corrected chi connectivity index (χ2v) is 7.38. The third kappa shape index (κ3) is 3.62. The lowest BCUT2D eigenvalue weighted by Gasteiger charge is -2.21. The van der Waals surface area contributed by atoms with Crippen molar-refractivity contribution in [2.45, 2.75) is 30.6 Å². The molecule has 1 unspecified atom stereocenters. The zero-order valence-corrected chi connectivity index (χ0v) is 12.4. The topological polar surface area (TPSA) is 76.9 Å². The van der Waals surface area contributed by atoms with E-state index in [2.05, 4.69) is 14.9 Å². The molecule has 0 spiro atoms. The standard InChI is InChI=1S/C11H16N4O2S2/c1-9(2)10(8-15-12-5-6-13-15)14-19(16,17)11-4-3-7-18-11/h3-7,9-10,14H,8H2,1-2H3. The van der Waals surface area contributed by atoms with Gasteiger partial charge < -0.3 is 0 Å². The Hall–Kier alpha value is -1.25. The van der Waals surface area contributed by atoms with Crippen LogP contribution < -0.4 is 4.72 Å². The van der Waals surface area contributed by atoms with E-state index in [-0.39, 0.29) is 12.0 Å². The third-order valence-electron chi connectivity index (χ3n) is 2.70. The first-order valence-electron chi connectivity index (χ1n) is 5.89. The number of rotatable bonds is 6. The Labute approximate surface area is 116 Å². The number of aromatic nitrogens is 3. The molecule has 0 bridgehead atoms. The number of hydrogen-bond donors (Lipinski definition) is 1. The van der Waals surface area contributed by atoms with Gasteiger partial charge in [0.2, 0.25) is 10.0 Å². The van der Waals surface area contributed by atoms with Gasteiger partial charge >= 0.3 is 0 Å². The van der Waals surface area contributed by atoms with Gasteiger partial charge in [0.15, 0.2) is 0 Å². The van der Waals surface area contributed by atoms with E-state index < -0.39 is 10.0 Å². The van der Waals surface area contributed by atoms with Crippen molar-refractivity contribution in [3.63, 3.8) is 0 Å². The van der Waals surface area contributed by atoms with E-state index in [1.165, 1.54) is 16.1 Å². The second-order valence-electron chi connectivity index (χ2n) is 4.49. The zero-order chi connectivity index (χ0) is 13.9. The number of thiophene rings is 1.